The number of carboxylic acids is 1. The fraction of sp³-hybridized carbons (Fsp3) is 0.375. The molecule has 3 nitrogen and oxygen atoms in total. The van der Waals surface area contributed by atoms with Crippen LogP contribution in [0.1, 0.15) is 22.2 Å². The van der Waals surface area contributed by atoms with Crippen molar-refractivity contribution in [2.45, 2.75) is 12.7 Å². The molecule has 1 heterocycles. The lowest BCUT2D eigenvalue weighted by atomic mass is 10.3. The number of hydrogen-bond acceptors (Lipinski definition) is 3. The zero-order valence-corrected chi connectivity index (χ0v) is 8.78. The molecular formula is C8H10O3S2. The first-order valence-electron chi connectivity index (χ1n) is 3.79. The van der Waals surface area contributed by atoms with Crippen LogP contribution in [0.3, 0.4) is 0 Å². The van der Waals surface area contributed by atoms with E-state index in [2.05, 4.69) is 0 Å². The summed E-state index contributed by atoms with van der Waals surface area (Å²) in [7, 11) is -0.940. The van der Waals surface area contributed by atoms with Gasteiger partial charge in [0.05, 0.1) is 5.75 Å². The molecule has 1 atom stereocenters. The second-order valence-electron chi connectivity index (χ2n) is 2.45. The third-order valence-corrected chi connectivity index (χ3v) is 3.80. The van der Waals surface area contributed by atoms with Crippen molar-refractivity contribution >= 4 is 28.1 Å². The summed E-state index contributed by atoms with van der Waals surface area (Å²) in [5.74, 6) is -0.0191. The molecule has 0 aromatic carbocycles. The maximum Gasteiger partial charge on any atom is 0.346 e. The van der Waals surface area contributed by atoms with Crippen molar-refractivity contribution in [1.82, 2.24) is 0 Å². The predicted molar refractivity (Wildman–Crippen MR) is 53.7 cm³/mol. The van der Waals surface area contributed by atoms with E-state index in [1.54, 1.807) is 11.4 Å². The van der Waals surface area contributed by atoms with E-state index in [0.717, 1.165) is 0 Å². The molecule has 0 saturated heterocycles. The lowest BCUT2D eigenvalue weighted by Gasteiger charge is -1.97. The van der Waals surface area contributed by atoms with Crippen LogP contribution in [-0.2, 0) is 16.6 Å². The topological polar surface area (TPSA) is 54.4 Å². The van der Waals surface area contributed by atoms with Gasteiger partial charge in [-0.15, -0.1) is 11.3 Å². The first-order chi connectivity index (χ1) is 6.15. The van der Waals surface area contributed by atoms with Crippen molar-refractivity contribution in [3.05, 3.63) is 21.9 Å². The molecule has 1 N–H and O–H groups in total. The van der Waals surface area contributed by atoms with E-state index in [0.29, 0.717) is 21.9 Å². The number of rotatable bonds is 4. The van der Waals surface area contributed by atoms with Crippen LogP contribution in [0.2, 0.25) is 0 Å². The molecule has 0 aliphatic heterocycles. The Bertz CT molecular complexity index is 330. The summed E-state index contributed by atoms with van der Waals surface area (Å²) < 4.78 is 11.2. The third-order valence-electron chi connectivity index (χ3n) is 1.58. The Morgan fingerprint density at radius 2 is 2.38 bits per heavy atom. The molecule has 72 valence electrons. The highest BCUT2D eigenvalue weighted by Crippen LogP contribution is 2.18. The molecule has 0 aliphatic carbocycles. The molecular weight excluding hydrogens is 208 g/mol. The highest BCUT2D eigenvalue weighted by atomic mass is 32.2. The molecule has 0 fully saturated rings. The van der Waals surface area contributed by atoms with E-state index in [9.17, 15) is 9.00 Å². The predicted octanol–water partition coefficient (Wildman–Crippen LogP) is 1.71. The summed E-state index contributed by atoms with van der Waals surface area (Å²) in [4.78, 5) is 11.0. The number of hydrogen-bond donors (Lipinski definition) is 1. The smallest absolute Gasteiger partial charge is 0.346 e. The van der Waals surface area contributed by atoms with E-state index in [-0.39, 0.29) is 0 Å². The molecule has 0 saturated carbocycles. The number of carbonyl (C=O) groups is 1. The minimum Gasteiger partial charge on any atom is -0.477 e. The van der Waals surface area contributed by atoms with E-state index >= 15 is 0 Å². The number of aromatic carboxylic acids is 1. The van der Waals surface area contributed by atoms with Crippen LogP contribution >= 0.6 is 11.3 Å². The summed E-state index contributed by atoms with van der Waals surface area (Å²) in [6.07, 6.45) is 0. The van der Waals surface area contributed by atoms with Gasteiger partial charge in [0, 0.05) is 16.6 Å². The average molecular weight is 218 g/mol. The Labute approximate surface area is 82.9 Å². The van der Waals surface area contributed by atoms with Gasteiger partial charge in [-0.05, 0) is 17.0 Å². The van der Waals surface area contributed by atoms with Crippen molar-refractivity contribution in [2.24, 2.45) is 0 Å². The van der Waals surface area contributed by atoms with Gasteiger partial charge >= 0.3 is 5.97 Å². The van der Waals surface area contributed by atoms with Gasteiger partial charge in [0.1, 0.15) is 4.88 Å². The number of thiophene rings is 1. The lowest BCUT2D eigenvalue weighted by Crippen LogP contribution is -2.02. The molecule has 1 rings (SSSR count). The molecule has 0 amide bonds. The van der Waals surface area contributed by atoms with Crippen LogP contribution in [0.4, 0.5) is 0 Å². The molecule has 13 heavy (non-hydrogen) atoms. The van der Waals surface area contributed by atoms with Crippen molar-refractivity contribution in [3.63, 3.8) is 0 Å². The molecule has 0 radical (unpaired) electrons. The van der Waals surface area contributed by atoms with Gasteiger partial charge < -0.3 is 5.11 Å². The van der Waals surface area contributed by atoms with Gasteiger partial charge in [-0.25, -0.2) is 4.79 Å². The Morgan fingerprint density at radius 1 is 1.69 bits per heavy atom. The highest BCUT2D eigenvalue weighted by Gasteiger charge is 2.12. The van der Waals surface area contributed by atoms with Gasteiger partial charge in [0.25, 0.3) is 0 Å². The van der Waals surface area contributed by atoms with E-state index < -0.39 is 16.8 Å². The first-order valence-corrected chi connectivity index (χ1v) is 6.16. The van der Waals surface area contributed by atoms with Crippen molar-refractivity contribution < 1.29 is 14.1 Å². The summed E-state index contributed by atoms with van der Waals surface area (Å²) in [5.41, 5.74) is 0.678. The Morgan fingerprint density at radius 3 is 2.92 bits per heavy atom. The molecule has 1 aromatic heterocycles. The second-order valence-corrected chi connectivity index (χ2v) is 5.11. The molecule has 0 spiro atoms. The average Bonchev–Trinajstić information content (AvgIpc) is 2.52. The van der Waals surface area contributed by atoms with Gasteiger partial charge in [-0.1, -0.05) is 6.92 Å². The second kappa shape index (κ2) is 4.53. The zero-order chi connectivity index (χ0) is 9.84. The fourth-order valence-corrected chi connectivity index (χ4v) is 2.56. The number of carboxylic acid groups (broad SMARTS) is 1. The normalized spacial score (nSPS) is 12.7. The van der Waals surface area contributed by atoms with Crippen LogP contribution in [0.5, 0.6) is 0 Å². The Balaban J connectivity index is 2.82. The minimum absolute atomic E-state index is 0.307. The van der Waals surface area contributed by atoms with Gasteiger partial charge in [0.2, 0.25) is 0 Å². The summed E-state index contributed by atoms with van der Waals surface area (Å²) >= 11 is 1.18. The summed E-state index contributed by atoms with van der Waals surface area (Å²) in [6.45, 7) is 1.82. The molecule has 1 aromatic rings. The minimum atomic E-state index is -0.940. The van der Waals surface area contributed by atoms with Crippen molar-refractivity contribution in [3.8, 4) is 0 Å². The maximum absolute atomic E-state index is 11.2. The van der Waals surface area contributed by atoms with E-state index in [4.69, 9.17) is 5.11 Å². The van der Waals surface area contributed by atoms with E-state index in [1.807, 2.05) is 6.92 Å². The van der Waals surface area contributed by atoms with Crippen LogP contribution in [0, 0.1) is 0 Å². The maximum atomic E-state index is 11.2. The fourth-order valence-electron chi connectivity index (χ4n) is 0.912. The Kier molecular flexibility index (Phi) is 3.62. The van der Waals surface area contributed by atoms with Crippen LogP contribution in [0.15, 0.2) is 11.4 Å². The van der Waals surface area contributed by atoms with Gasteiger partial charge in [-0.3, -0.25) is 4.21 Å². The quantitative estimate of drug-likeness (QED) is 0.837. The molecule has 5 heteroatoms. The monoisotopic (exact) mass is 218 g/mol. The van der Waals surface area contributed by atoms with E-state index in [1.165, 1.54) is 11.3 Å². The lowest BCUT2D eigenvalue weighted by molar-refractivity contribution is 0.0701. The standard InChI is InChI=1S/C8H10O3S2/c1-2-13(11)5-6-3-4-12-7(6)8(9)10/h3-4H,2,5H2,1H3,(H,9,10). The Hall–Kier alpha value is -0.680. The van der Waals surface area contributed by atoms with Gasteiger partial charge in [0.15, 0.2) is 0 Å². The molecule has 0 aliphatic rings. The highest BCUT2D eigenvalue weighted by molar-refractivity contribution is 7.84. The molecule has 0 bridgehead atoms. The van der Waals surface area contributed by atoms with Gasteiger partial charge in [-0.2, -0.15) is 0 Å². The summed E-state index contributed by atoms with van der Waals surface area (Å²) in [5, 5.41) is 10.5. The van der Waals surface area contributed by atoms with Crippen LogP contribution < -0.4 is 0 Å². The third kappa shape index (κ3) is 2.63. The van der Waals surface area contributed by atoms with Crippen molar-refractivity contribution in [1.29, 1.82) is 0 Å². The zero-order valence-electron chi connectivity index (χ0n) is 7.15. The van der Waals surface area contributed by atoms with Crippen LogP contribution in [-0.4, -0.2) is 21.0 Å². The largest absolute Gasteiger partial charge is 0.477 e. The molecule has 1 unspecified atom stereocenters. The first kappa shape index (κ1) is 10.4. The van der Waals surface area contributed by atoms with Crippen molar-refractivity contribution in [2.75, 3.05) is 5.75 Å². The SMILES string of the molecule is CCS(=O)Cc1ccsc1C(=O)O. The summed E-state index contributed by atoms with van der Waals surface area (Å²) in [6, 6.07) is 1.72. The van der Waals surface area contributed by atoms with Crippen LogP contribution in [0.25, 0.3) is 0 Å².